The van der Waals surface area contributed by atoms with E-state index < -0.39 is 11.9 Å². The highest BCUT2D eigenvalue weighted by Crippen LogP contribution is 2.27. The van der Waals surface area contributed by atoms with E-state index in [1.165, 1.54) is 18.3 Å². The Kier molecular flexibility index (Phi) is 5.00. The summed E-state index contributed by atoms with van der Waals surface area (Å²) in [6.07, 6.45) is 1.32. The summed E-state index contributed by atoms with van der Waals surface area (Å²) < 4.78 is 15.9. The third kappa shape index (κ3) is 3.64. The lowest BCUT2D eigenvalue weighted by molar-refractivity contribution is 0.0435. The van der Waals surface area contributed by atoms with E-state index in [1.54, 1.807) is 31.2 Å². The molecule has 0 unspecified atom stereocenters. The number of para-hydroxylation sites is 1. The van der Waals surface area contributed by atoms with Crippen LogP contribution in [0.5, 0.6) is 0 Å². The highest BCUT2D eigenvalue weighted by Gasteiger charge is 2.23. The van der Waals surface area contributed by atoms with Crippen molar-refractivity contribution in [2.24, 2.45) is 0 Å². The van der Waals surface area contributed by atoms with Gasteiger partial charge in [0.25, 0.3) is 0 Å². The summed E-state index contributed by atoms with van der Waals surface area (Å²) >= 11 is 5.70. The van der Waals surface area contributed by atoms with Crippen molar-refractivity contribution in [1.29, 1.82) is 0 Å². The summed E-state index contributed by atoms with van der Waals surface area (Å²) in [5.41, 5.74) is 1.24. The summed E-state index contributed by atoms with van der Waals surface area (Å²) in [5, 5.41) is 0.967. The Bertz CT molecular complexity index is 917. The fraction of sp³-hybridized carbons (Fsp3) is 0.167. The maximum absolute atomic E-state index is 12.1. The molecule has 0 amide bonds. The van der Waals surface area contributed by atoms with Crippen LogP contribution in [0.4, 0.5) is 0 Å². The van der Waals surface area contributed by atoms with Crippen molar-refractivity contribution in [3.8, 4) is 0 Å². The minimum absolute atomic E-state index is 0.0325. The summed E-state index contributed by atoms with van der Waals surface area (Å²) in [6.45, 7) is 1.78. The van der Waals surface area contributed by atoms with E-state index in [-0.39, 0.29) is 29.7 Å². The monoisotopic (exact) mass is 359 g/mol. The molecule has 0 spiro atoms. The van der Waals surface area contributed by atoms with Crippen LogP contribution in [-0.4, -0.2) is 23.5 Å². The smallest absolute Gasteiger partial charge is 0.374 e. The number of benzene rings is 1. The number of halogens is 1. The first-order valence-corrected chi connectivity index (χ1v) is 7.94. The van der Waals surface area contributed by atoms with Crippen LogP contribution >= 0.6 is 11.6 Å². The molecule has 0 radical (unpaired) electrons. The fourth-order valence-electron chi connectivity index (χ4n) is 2.32. The van der Waals surface area contributed by atoms with Crippen LogP contribution in [0.15, 0.2) is 47.0 Å². The number of carbonyl (C=O) groups is 2. The largest absolute Gasteiger partial charge is 0.460 e. The van der Waals surface area contributed by atoms with Crippen LogP contribution in [0, 0.1) is 0 Å². The van der Waals surface area contributed by atoms with Crippen LogP contribution in [0.1, 0.15) is 33.4 Å². The minimum atomic E-state index is -0.599. The first-order valence-electron chi connectivity index (χ1n) is 7.56. The van der Waals surface area contributed by atoms with Crippen LogP contribution < -0.4 is 0 Å². The number of hydrogen-bond acceptors (Lipinski definition) is 6. The second-order valence-corrected chi connectivity index (χ2v) is 5.46. The Morgan fingerprint density at radius 1 is 1.12 bits per heavy atom. The van der Waals surface area contributed by atoms with Crippen molar-refractivity contribution in [2.45, 2.75) is 13.5 Å². The zero-order chi connectivity index (χ0) is 17.8. The summed E-state index contributed by atoms with van der Waals surface area (Å²) in [6, 6.07) is 10.1. The summed E-state index contributed by atoms with van der Waals surface area (Å²) in [7, 11) is 0. The molecule has 1 aromatic carbocycles. The van der Waals surface area contributed by atoms with Crippen molar-refractivity contribution in [3.63, 3.8) is 0 Å². The van der Waals surface area contributed by atoms with Crippen LogP contribution in [0.25, 0.3) is 11.0 Å². The molecule has 3 aromatic rings. The number of ether oxygens (including phenoxy) is 2. The zero-order valence-electron chi connectivity index (χ0n) is 13.3. The van der Waals surface area contributed by atoms with E-state index in [9.17, 15) is 9.59 Å². The standard InChI is InChI=1S/C18H14ClNO5/c1-2-23-18(22)16-13(12-5-3-4-6-14(12)25-16)10-24-17(21)11-7-8-15(19)20-9-11/h3-9H,2,10H2,1H3. The summed E-state index contributed by atoms with van der Waals surface area (Å²) in [4.78, 5) is 28.1. The number of esters is 2. The zero-order valence-corrected chi connectivity index (χ0v) is 14.1. The summed E-state index contributed by atoms with van der Waals surface area (Å²) in [5.74, 6) is -1.15. The predicted octanol–water partition coefficient (Wildman–Crippen LogP) is 4.01. The van der Waals surface area contributed by atoms with Crippen molar-refractivity contribution in [3.05, 3.63) is 64.6 Å². The highest BCUT2D eigenvalue weighted by atomic mass is 35.5. The van der Waals surface area contributed by atoms with Gasteiger partial charge in [-0.2, -0.15) is 0 Å². The van der Waals surface area contributed by atoms with Gasteiger partial charge in [-0.15, -0.1) is 0 Å². The number of hydrogen-bond donors (Lipinski definition) is 0. The molecule has 0 bridgehead atoms. The molecule has 0 aliphatic carbocycles. The van der Waals surface area contributed by atoms with Gasteiger partial charge in [0.2, 0.25) is 5.76 Å². The average molecular weight is 360 g/mol. The number of aromatic nitrogens is 1. The maximum Gasteiger partial charge on any atom is 0.374 e. The van der Waals surface area contributed by atoms with Gasteiger partial charge in [-0.25, -0.2) is 14.6 Å². The maximum atomic E-state index is 12.1. The molecule has 6 nitrogen and oxygen atoms in total. The Labute approximate surface area is 148 Å². The molecule has 2 heterocycles. The van der Waals surface area contributed by atoms with E-state index in [0.717, 1.165) is 0 Å². The number of pyridine rings is 1. The molecule has 0 aliphatic heterocycles. The number of carbonyl (C=O) groups excluding carboxylic acids is 2. The second kappa shape index (κ2) is 7.36. The molecule has 2 aromatic heterocycles. The quantitative estimate of drug-likeness (QED) is 0.505. The Hall–Kier alpha value is -2.86. The van der Waals surface area contributed by atoms with E-state index in [4.69, 9.17) is 25.5 Å². The van der Waals surface area contributed by atoms with Gasteiger partial charge >= 0.3 is 11.9 Å². The second-order valence-electron chi connectivity index (χ2n) is 5.07. The first kappa shape index (κ1) is 17.0. The molecule has 25 heavy (non-hydrogen) atoms. The van der Waals surface area contributed by atoms with Crippen LogP contribution in [0.2, 0.25) is 5.15 Å². The molecule has 0 fully saturated rings. The van der Waals surface area contributed by atoms with Gasteiger partial charge in [0.1, 0.15) is 17.3 Å². The molecule has 3 rings (SSSR count). The van der Waals surface area contributed by atoms with Crippen LogP contribution in [0.3, 0.4) is 0 Å². The molecule has 0 aliphatic rings. The van der Waals surface area contributed by atoms with Gasteiger partial charge < -0.3 is 13.9 Å². The Morgan fingerprint density at radius 3 is 2.64 bits per heavy atom. The van der Waals surface area contributed by atoms with E-state index in [0.29, 0.717) is 16.5 Å². The molecule has 0 saturated heterocycles. The number of rotatable bonds is 5. The van der Waals surface area contributed by atoms with Gasteiger partial charge in [-0.1, -0.05) is 29.8 Å². The van der Waals surface area contributed by atoms with E-state index >= 15 is 0 Å². The van der Waals surface area contributed by atoms with Gasteiger partial charge in [-0.05, 0) is 25.1 Å². The molecule has 0 saturated carbocycles. The van der Waals surface area contributed by atoms with E-state index in [2.05, 4.69) is 4.98 Å². The van der Waals surface area contributed by atoms with Crippen molar-refractivity contribution in [2.75, 3.05) is 6.61 Å². The van der Waals surface area contributed by atoms with Crippen molar-refractivity contribution < 1.29 is 23.5 Å². The number of nitrogens with zero attached hydrogens (tertiary/aromatic N) is 1. The number of furan rings is 1. The van der Waals surface area contributed by atoms with Crippen molar-refractivity contribution >= 4 is 34.5 Å². The molecule has 0 N–H and O–H groups in total. The first-order chi connectivity index (χ1) is 12.1. The molecular formula is C18H14ClNO5. The number of fused-ring (bicyclic) bond motifs is 1. The SMILES string of the molecule is CCOC(=O)c1oc2ccccc2c1COC(=O)c1ccc(Cl)nc1. The highest BCUT2D eigenvalue weighted by molar-refractivity contribution is 6.29. The minimum Gasteiger partial charge on any atom is -0.460 e. The molecular weight excluding hydrogens is 346 g/mol. The predicted molar refractivity (Wildman–Crippen MR) is 90.5 cm³/mol. The lowest BCUT2D eigenvalue weighted by Crippen LogP contribution is -2.10. The average Bonchev–Trinajstić information content (AvgIpc) is 2.99. The molecule has 0 atom stereocenters. The van der Waals surface area contributed by atoms with Crippen LogP contribution in [-0.2, 0) is 16.1 Å². The Balaban J connectivity index is 1.86. The topological polar surface area (TPSA) is 78.6 Å². The normalized spacial score (nSPS) is 10.6. The van der Waals surface area contributed by atoms with Gasteiger partial charge in [-0.3, -0.25) is 0 Å². The van der Waals surface area contributed by atoms with Gasteiger partial charge in [0, 0.05) is 11.6 Å². The fourth-order valence-corrected chi connectivity index (χ4v) is 2.43. The third-order valence-electron chi connectivity index (χ3n) is 3.47. The van der Waals surface area contributed by atoms with Crippen molar-refractivity contribution in [1.82, 2.24) is 4.98 Å². The lowest BCUT2D eigenvalue weighted by Gasteiger charge is -2.06. The molecule has 128 valence electrons. The third-order valence-corrected chi connectivity index (χ3v) is 3.69. The van der Waals surface area contributed by atoms with Gasteiger partial charge in [0.15, 0.2) is 0 Å². The van der Waals surface area contributed by atoms with Gasteiger partial charge in [0.05, 0.1) is 17.7 Å². The lowest BCUT2D eigenvalue weighted by atomic mass is 10.1. The van der Waals surface area contributed by atoms with E-state index in [1.807, 2.05) is 0 Å². The molecule has 7 heteroatoms. The Morgan fingerprint density at radius 2 is 1.92 bits per heavy atom.